The molecule has 0 unspecified atom stereocenters. The summed E-state index contributed by atoms with van der Waals surface area (Å²) in [5.74, 6) is 0.944. The maximum atomic E-state index is 5.59. The van der Waals surface area contributed by atoms with Gasteiger partial charge >= 0.3 is 37.9 Å². The third-order valence-electron chi connectivity index (χ3n) is 10.1. The van der Waals surface area contributed by atoms with Gasteiger partial charge in [0, 0.05) is 15.3 Å². The van der Waals surface area contributed by atoms with E-state index in [2.05, 4.69) is 201 Å². The van der Waals surface area contributed by atoms with Crippen molar-refractivity contribution in [3.05, 3.63) is 124 Å². The third kappa shape index (κ3) is 12.5. The fourth-order valence-electron chi connectivity index (χ4n) is 6.79. The number of methoxy groups -OCH3 is 1. The Labute approximate surface area is 362 Å². The molecule has 0 aliphatic carbocycles. The van der Waals surface area contributed by atoms with E-state index in [4.69, 9.17) is 21.8 Å². The van der Waals surface area contributed by atoms with Crippen LogP contribution in [0.25, 0.3) is 43.8 Å². The van der Waals surface area contributed by atoms with Crippen LogP contribution in [-0.4, -0.2) is 16.6 Å². The van der Waals surface area contributed by atoms with Gasteiger partial charge in [-0.25, -0.2) is 0 Å². The average molecular weight is 885 g/mol. The fraction of sp³-hybridized carbons (Fsp3) is 0.412. The van der Waals surface area contributed by atoms with Gasteiger partial charge in [0.05, 0.1) is 7.11 Å². The molecule has 6 rings (SSSR count). The molecule has 0 aliphatic rings. The summed E-state index contributed by atoms with van der Waals surface area (Å²) in [6.07, 6.45) is 0. The SMILES string of the molecule is COc1ccc(-c2cc(C(C)(C)C)cc(C(C)(C)C)c2)c2cc(C)[cH-]c12.C[Si]C.Cc1cc2c(-c3ccc(C(C)(C)C)cc3)cc(C(C)(C)C)cc2[cH-]1.[Cl][Zr+2][Cl]. The molecule has 0 saturated carbocycles. The Balaban J connectivity index is 0.000000264. The number of fused-ring (bicyclic) bond motifs is 2. The summed E-state index contributed by atoms with van der Waals surface area (Å²) >= 11 is -0.826. The molecular weight excluding hydrogens is 819 g/mol. The quantitative estimate of drug-likeness (QED) is 0.127. The summed E-state index contributed by atoms with van der Waals surface area (Å²) in [5.41, 5.74) is 14.0. The topological polar surface area (TPSA) is 9.23 Å². The Hall–Kier alpha value is -2.42. The van der Waals surface area contributed by atoms with Crippen LogP contribution in [0.2, 0.25) is 13.1 Å². The number of halogens is 2. The van der Waals surface area contributed by atoms with Crippen LogP contribution in [0.3, 0.4) is 0 Å². The number of benzene rings is 4. The van der Waals surface area contributed by atoms with Gasteiger partial charge in [-0.15, -0.1) is 50.9 Å². The summed E-state index contributed by atoms with van der Waals surface area (Å²) in [7, 11) is 12.7. The Morgan fingerprint density at radius 3 is 1.43 bits per heavy atom. The number of aryl methyl sites for hydroxylation is 2. The first-order valence-corrected chi connectivity index (χ1v) is 28.0. The van der Waals surface area contributed by atoms with Crippen molar-refractivity contribution in [2.75, 3.05) is 7.11 Å². The molecule has 6 aromatic carbocycles. The third-order valence-corrected chi connectivity index (χ3v) is 10.1. The molecule has 0 N–H and O–H groups in total. The van der Waals surface area contributed by atoms with Crippen LogP contribution in [0.15, 0.2) is 91.0 Å². The zero-order valence-corrected chi connectivity index (χ0v) is 42.3. The van der Waals surface area contributed by atoms with Crippen molar-refractivity contribution in [3.8, 4) is 28.0 Å². The molecule has 2 radical (unpaired) electrons. The predicted octanol–water partition coefficient (Wildman–Crippen LogP) is 16.4. The van der Waals surface area contributed by atoms with Gasteiger partial charge in [-0.3, -0.25) is 0 Å². The van der Waals surface area contributed by atoms with E-state index < -0.39 is 20.8 Å². The summed E-state index contributed by atoms with van der Waals surface area (Å²) in [5, 5.41) is 5.19. The molecule has 56 heavy (non-hydrogen) atoms. The van der Waals surface area contributed by atoms with E-state index in [1.807, 2.05) is 0 Å². The zero-order valence-electron chi connectivity index (χ0n) is 37.3. The van der Waals surface area contributed by atoms with Gasteiger partial charge < -0.3 is 4.74 Å². The van der Waals surface area contributed by atoms with Crippen molar-refractivity contribution in [3.63, 3.8) is 0 Å². The van der Waals surface area contributed by atoms with Crippen LogP contribution in [0, 0.1) is 13.8 Å². The van der Waals surface area contributed by atoms with E-state index in [0.717, 1.165) is 15.3 Å². The summed E-state index contributed by atoms with van der Waals surface area (Å²) in [6.45, 7) is 36.0. The van der Waals surface area contributed by atoms with Gasteiger partial charge in [0.25, 0.3) is 0 Å². The molecule has 298 valence electrons. The first kappa shape index (κ1) is 48.0. The van der Waals surface area contributed by atoms with Crippen molar-refractivity contribution >= 4 is 48.1 Å². The van der Waals surface area contributed by atoms with Gasteiger partial charge in [0.15, 0.2) is 0 Å². The van der Waals surface area contributed by atoms with Crippen LogP contribution in [0.1, 0.15) is 116 Å². The van der Waals surface area contributed by atoms with Gasteiger partial charge in [-0.1, -0.05) is 187 Å². The Morgan fingerprint density at radius 2 is 0.964 bits per heavy atom. The van der Waals surface area contributed by atoms with Gasteiger partial charge in [0.2, 0.25) is 0 Å². The molecule has 0 fully saturated rings. The molecule has 0 amide bonds. The average Bonchev–Trinajstić information content (AvgIpc) is 3.68. The number of rotatable bonds is 3. The van der Waals surface area contributed by atoms with Crippen LogP contribution in [0.4, 0.5) is 0 Å². The molecule has 0 saturated heterocycles. The monoisotopic (exact) mass is 882 g/mol. The number of hydrogen-bond donors (Lipinski definition) is 0. The van der Waals surface area contributed by atoms with E-state index in [9.17, 15) is 0 Å². The molecule has 6 aromatic rings. The molecule has 0 bridgehead atoms. The second-order valence-corrected chi connectivity index (χ2v) is 23.9. The van der Waals surface area contributed by atoms with Crippen LogP contribution < -0.4 is 4.74 Å². The van der Waals surface area contributed by atoms with Crippen molar-refractivity contribution in [1.82, 2.24) is 0 Å². The second-order valence-electron chi connectivity index (χ2n) is 19.2. The Morgan fingerprint density at radius 1 is 0.518 bits per heavy atom. The molecule has 1 nitrogen and oxygen atoms in total. The molecular formula is C51H66Cl2OSiZr. The molecule has 5 heteroatoms. The Kier molecular flexibility index (Phi) is 16.7. The number of hydrogen-bond acceptors (Lipinski definition) is 1. The van der Waals surface area contributed by atoms with Crippen LogP contribution in [-0.2, 0) is 42.5 Å². The normalized spacial score (nSPS) is 11.8. The second kappa shape index (κ2) is 19.6. The van der Waals surface area contributed by atoms with E-state index >= 15 is 0 Å². The van der Waals surface area contributed by atoms with Crippen LogP contribution in [0.5, 0.6) is 5.75 Å². The van der Waals surface area contributed by atoms with Crippen molar-refractivity contribution < 1.29 is 25.6 Å². The molecule has 0 atom stereocenters. The molecule has 0 aliphatic heterocycles. The van der Waals surface area contributed by atoms with Gasteiger partial charge in [-0.05, 0) is 49.5 Å². The fourth-order valence-corrected chi connectivity index (χ4v) is 6.79. The number of ether oxygens (including phenoxy) is 1. The van der Waals surface area contributed by atoms with Crippen LogP contribution >= 0.6 is 17.0 Å². The standard InChI is InChI=1S/C25H31O.C24H29.C2H6Si.2ClH.Zr/c1-16-11-21-20(9-10-23(26-8)22(21)12-16)17-13-18(24(2,3)4)15-19(14-17)25(5,6)7;1-16-12-18-14-20(24(5,6)7)15-22(21(18)13-16)17-8-10-19(11-9-17)23(2,3)4;1-3-2;;;/h9-15H,1-8H3;8-15H,1-7H3;1-2H3;2*1H;/q2*-1;;;;+4/p-2. The first-order valence-electron chi connectivity index (χ1n) is 19.7. The van der Waals surface area contributed by atoms with E-state index in [0.29, 0.717) is 0 Å². The minimum absolute atomic E-state index is 0.115. The first-order chi connectivity index (χ1) is 25.9. The van der Waals surface area contributed by atoms with E-state index in [1.165, 1.54) is 77.2 Å². The van der Waals surface area contributed by atoms with Crippen molar-refractivity contribution in [2.24, 2.45) is 0 Å². The van der Waals surface area contributed by atoms with E-state index in [1.54, 1.807) is 7.11 Å². The zero-order chi connectivity index (χ0) is 42.4. The summed E-state index contributed by atoms with van der Waals surface area (Å²) in [6, 6.07) is 34.4. The molecule has 0 aromatic heterocycles. The summed E-state index contributed by atoms with van der Waals surface area (Å²) in [4.78, 5) is 0. The predicted molar refractivity (Wildman–Crippen MR) is 250 cm³/mol. The molecule has 0 spiro atoms. The Bertz CT molecular complexity index is 2140. The summed E-state index contributed by atoms with van der Waals surface area (Å²) < 4.78 is 5.59. The minimum atomic E-state index is -0.826. The van der Waals surface area contributed by atoms with Crippen molar-refractivity contribution in [2.45, 2.75) is 132 Å². The molecule has 0 heterocycles. The van der Waals surface area contributed by atoms with Gasteiger partial charge in [-0.2, -0.15) is 12.1 Å². The van der Waals surface area contributed by atoms with Crippen molar-refractivity contribution in [1.29, 1.82) is 0 Å². The van der Waals surface area contributed by atoms with Gasteiger partial charge in [0.1, 0.15) is 0 Å². The van der Waals surface area contributed by atoms with E-state index in [-0.39, 0.29) is 21.7 Å². The maximum absolute atomic E-state index is 5.59.